The van der Waals surface area contributed by atoms with Crippen LogP contribution in [-0.2, 0) is 0 Å². The van der Waals surface area contributed by atoms with Crippen molar-refractivity contribution in [1.82, 2.24) is 20.0 Å². The van der Waals surface area contributed by atoms with Crippen molar-refractivity contribution in [3.63, 3.8) is 0 Å². The summed E-state index contributed by atoms with van der Waals surface area (Å²) in [6.45, 7) is 0.726. The summed E-state index contributed by atoms with van der Waals surface area (Å²) in [5.74, 6) is 1.89. The Kier molecular flexibility index (Phi) is 3.36. The topological polar surface area (TPSA) is 75.0 Å². The molecule has 1 atom stereocenters. The van der Waals surface area contributed by atoms with Crippen molar-refractivity contribution < 1.29 is 9.32 Å². The summed E-state index contributed by atoms with van der Waals surface area (Å²) in [6.07, 6.45) is 7.05. The van der Waals surface area contributed by atoms with Gasteiger partial charge in [-0.25, -0.2) is 0 Å². The number of benzene rings is 1. The molecule has 6 nitrogen and oxygen atoms in total. The van der Waals surface area contributed by atoms with Gasteiger partial charge in [-0.2, -0.15) is 4.98 Å². The molecule has 2 aromatic heterocycles. The summed E-state index contributed by atoms with van der Waals surface area (Å²) in [5.41, 5.74) is 1.69. The molecule has 1 saturated heterocycles. The zero-order valence-electron chi connectivity index (χ0n) is 13.9. The van der Waals surface area contributed by atoms with E-state index in [-0.39, 0.29) is 11.9 Å². The smallest absolute Gasteiger partial charge is 0.256 e. The zero-order chi connectivity index (χ0) is 16.8. The van der Waals surface area contributed by atoms with Crippen LogP contribution in [0, 0.1) is 0 Å². The highest BCUT2D eigenvalue weighted by molar-refractivity contribution is 6.06. The van der Waals surface area contributed by atoms with Crippen LogP contribution >= 0.6 is 0 Å². The highest BCUT2D eigenvalue weighted by Crippen LogP contribution is 2.40. The van der Waals surface area contributed by atoms with E-state index in [2.05, 4.69) is 15.1 Å². The van der Waals surface area contributed by atoms with E-state index in [0.717, 1.165) is 55.4 Å². The van der Waals surface area contributed by atoms with E-state index >= 15 is 0 Å². The third-order valence-electron chi connectivity index (χ3n) is 5.27. The van der Waals surface area contributed by atoms with Crippen LogP contribution in [0.25, 0.3) is 10.9 Å². The average Bonchev–Trinajstić information content (AvgIpc) is 3.23. The molecule has 2 fully saturated rings. The minimum absolute atomic E-state index is 0.0355. The lowest BCUT2D eigenvalue weighted by Gasteiger charge is -2.33. The van der Waals surface area contributed by atoms with Gasteiger partial charge in [0.05, 0.1) is 5.56 Å². The van der Waals surface area contributed by atoms with Gasteiger partial charge in [-0.15, -0.1) is 0 Å². The number of amides is 1. The van der Waals surface area contributed by atoms with Gasteiger partial charge >= 0.3 is 0 Å². The van der Waals surface area contributed by atoms with Crippen LogP contribution in [0.15, 0.2) is 35.0 Å². The fourth-order valence-corrected chi connectivity index (χ4v) is 3.72. The molecular formula is C19H20N4O2. The van der Waals surface area contributed by atoms with Gasteiger partial charge in [0.2, 0.25) is 5.89 Å². The molecular weight excluding hydrogens is 316 g/mol. The number of carbonyl (C=O) groups excluding carboxylic acids is 1. The fraction of sp³-hybridized carbons (Fsp3) is 0.421. The molecule has 25 heavy (non-hydrogen) atoms. The molecule has 0 bridgehead atoms. The monoisotopic (exact) mass is 336 g/mol. The van der Waals surface area contributed by atoms with Gasteiger partial charge in [0.1, 0.15) is 6.04 Å². The van der Waals surface area contributed by atoms with Crippen LogP contribution in [-0.4, -0.2) is 32.5 Å². The molecule has 1 N–H and O–H groups in total. The number of aromatic nitrogens is 3. The van der Waals surface area contributed by atoms with E-state index in [9.17, 15) is 4.79 Å². The molecule has 1 aliphatic carbocycles. The van der Waals surface area contributed by atoms with Gasteiger partial charge < -0.3 is 14.4 Å². The summed E-state index contributed by atoms with van der Waals surface area (Å²) in [4.78, 5) is 22.9. The molecule has 1 aromatic carbocycles. The standard InChI is InChI=1S/C19H20N4O2/c24-19(14-11-20-15-6-2-1-5-13(14)15)23-10-4-3-7-16(23)18-21-17(22-25-18)12-8-9-12/h1-2,5-6,11-12,16,20H,3-4,7-10H2/t16-/m1/s1. The molecule has 2 aliphatic rings. The van der Waals surface area contributed by atoms with Crippen LogP contribution in [0.5, 0.6) is 0 Å². The van der Waals surface area contributed by atoms with Crippen LogP contribution in [0.2, 0.25) is 0 Å². The van der Waals surface area contributed by atoms with Crippen LogP contribution in [0.1, 0.15) is 66.1 Å². The summed E-state index contributed by atoms with van der Waals surface area (Å²) in [6, 6.07) is 7.78. The number of para-hydroxylation sites is 1. The van der Waals surface area contributed by atoms with E-state index in [4.69, 9.17) is 4.52 Å². The van der Waals surface area contributed by atoms with Crippen molar-refractivity contribution in [2.24, 2.45) is 0 Å². The zero-order valence-corrected chi connectivity index (χ0v) is 13.9. The SMILES string of the molecule is O=C(c1c[nH]c2ccccc12)N1CCCC[C@@H]1c1nc(C2CC2)no1. The Morgan fingerprint density at radius 1 is 1.20 bits per heavy atom. The average molecular weight is 336 g/mol. The van der Waals surface area contributed by atoms with Gasteiger partial charge in [0, 0.05) is 29.6 Å². The molecule has 0 unspecified atom stereocenters. The summed E-state index contributed by atoms with van der Waals surface area (Å²) in [5, 5.41) is 5.09. The molecule has 0 radical (unpaired) electrons. The number of rotatable bonds is 3. The molecule has 1 aliphatic heterocycles. The predicted octanol–water partition coefficient (Wildman–Crippen LogP) is 3.80. The third kappa shape index (κ3) is 2.52. The Labute approximate surface area is 145 Å². The molecule has 1 saturated carbocycles. The third-order valence-corrected chi connectivity index (χ3v) is 5.27. The van der Waals surface area contributed by atoms with Crippen molar-refractivity contribution >= 4 is 16.8 Å². The Hall–Kier alpha value is -2.63. The molecule has 0 spiro atoms. The first-order valence-corrected chi connectivity index (χ1v) is 9.02. The quantitative estimate of drug-likeness (QED) is 0.789. The maximum Gasteiger partial charge on any atom is 0.256 e. The van der Waals surface area contributed by atoms with E-state index in [0.29, 0.717) is 17.4 Å². The maximum absolute atomic E-state index is 13.2. The molecule has 5 rings (SSSR count). The molecule has 3 aromatic rings. The van der Waals surface area contributed by atoms with Gasteiger partial charge in [0.15, 0.2) is 5.82 Å². The largest absolute Gasteiger partial charge is 0.360 e. The number of likely N-dealkylation sites (tertiary alicyclic amines) is 1. The molecule has 6 heteroatoms. The summed E-state index contributed by atoms with van der Waals surface area (Å²) < 4.78 is 5.53. The van der Waals surface area contributed by atoms with Gasteiger partial charge in [0.25, 0.3) is 5.91 Å². The Morgan fingerprint density at radius 2 is 2.08 bits per heavy atom. The van der Waals surface area contributed by atoms with E-state index in [1.807, 2.05) is 35.4 Å². The van der Waals surface area contributed by atoms with Gasteiger partial charge in [-0.1, -0.05) is 23.4 Å². The lowest BCUT2D eigenvalue weighted by atomic mass is 10.0. The van der Waals surface area contributed by atoms with Crippen molar-refractivity contribution in [1.29, 1.82) is 0 Å². The van der Waals surface area contributed by atoms with Crippen LogP contribution < -0.4 is 0 Å². The first-order valence-electron chi connectivity index (χ1n) is 9.02. The minimum atomic E-state index is -0.116. The maximum atomic E-state index is 13.2. The van der Waals surface area contributed by atoms with Crippen molar-refractivity contribution in [3.8, 4) is 0 Å². The number of hydrogen-bond acceptors (Lipinski definition) is 4. The number of H-pyrrole nitrogens is 1. The number of nitrogens with zero attached hydrogens (tertiary/aromatic N) is 3. The van der Waals surface area contributed by atoms with Crippen LogP contribution in [0.4, 0.5) is 0 Å². The first kappa shape index (κ1) is 14.7. The molecule has 3 heterocycles. The lowest BCUT2D eigenvalue weighted by Crippen LogP contribution is -2.38. The summed E-state index contributed by atoms with van der Waals surface area (Å²) in [7, 11) is 0. The highest BCUT2D eigenvalue weighted by Gasteiger charge is 2.35. The van der Waals surface area contributed by atoms with E-state index in [1.54, 1.807) is 0 Å². The highest BCUT2D eigenvalue weighted by atomic mass is 16.5. The number of aromatic amines is 1. The molecule has 1 amide bonds. The number of nitrogens with one attached hydrogen (secondary N) is 1. The second-order valence-corrected chi connectivity index (χ2v) is 7.02. The Morgan fingerprint density at radius 3 is 2.96 bits per heavy atom. The van der Waals surface area contributed by atoms with Gasteiger partial charge in [-0.05, 0) is 38.2 Å². The Balaban J connectivity index is 1.48. The van der Waals surface area contributed by atoms with Crippen molar-refractivity contribution in [3.05, 3.63) is 47.7 Å². The second kappa shape index (κ2) is 5.72. The molecule has 128 valence electrons. The Bertz CT molecular complexity index is 924. The predicted molar refractivity (Wildman–Crippen MR) is 92.2 cm³/mol. The van der Waals surface area contributed by atoms with E-state index < -0.39 is 0 Å². The number of hydrogen-bond donors (Lipinski definition) is 1. The minimum Gasteiger partial charge on any atom is -0.360 e. The van der Waals surface area contributed by atoms with Crippen LogP contribution in [0.3, 0.4) is 0 Å². The summed E-state index contributed by atoms with van der Waals surface area (Å²) >= 11 is 0. The van der Waals surface area contributed by atoms with Crippen molar-refractivity contribution in [2.75, 3.05) is 6.54 Å². The fourth-order valence-electron chi connectivity index (χ4n) is 3.72. The number of carbonyl (C=O) groups is 1. The van der Waals surface area contributed by atoms with Gasteiger partial charge in [-0.3, -0.25) is 4.79 Å². The van der Waals surface area contributed by atoms with Crippen molar-refractivity contribution in [2.45, 2.75) is 44.1 Å². The lowest BCUT2D eigenvalue weighted by molar-refractivity contribution is 0.0563. The number of piperidine rings is 1. The van der Waals surface area contributed by atoms with E-state index in [1.165, 1.54) is 0 Å². The first-order chi connectivity index (χ1) is 12.3. The normalized spacial score (nSPS) is 21.0. The second-order valence-electron chi connectivity index (χ2n) is 7.02. The number of fused-ring (bicyclic) bond motifs is 1.